The molecular formula is C14H16ClNO3. The van der Waals surface area contributed by atoms with Gasteiger partial charge in [-0.1, -0.05) is 28.9 Å². The molecule has 0 N–H and O–H groups in total. The average Bonchev–Trinajstić information content (AvgIpc) is 2.96. The van der Waals surface area contributed by atoms with Gasteiger partial charge in [-0.2, -0.15) is 0 Å². The van der Waals surface area contributed by atoms with Gasteiger partial charge in [-0.05, 0) is 31.5 Å². The minimum absolute atomic E-state index is 0.0559. The molecule has 0 bridgehead atoms. The van der Waals surface area contributed by atoms with Gasteiger partial charge < -0.3 is 14.3 Å². The van der Waals surface area contributed by atoms with Crippen molar-refractivity contribution in [2.75, 3.05) is 6.61 Å². The predicted octanol–water partition coefficient (Wildman–Crippen LogP) is 3.31. The van der Waals surface area contributed by atoms with Gasteiger partial charge in [0.2, 0.25) is 0 Å². The van der Waals surface area contributed by atoms with Crippen molar-refractivity contribution >= 4 is 17.3 Å². The van der Waals surface area contributed by atoms with Crippen LogP contribution in [0.4, 0.5) is 0 Å². The van der Waals surface area contributed by atoms with E-state index in [0.717, 1.165) is 22.7 Å². The van der Waals surface area contributed by atoms with Gasteiger partial charge >= 0.3 is 0 Å². The van der Waals surface area contributed by atoms with Crippen molar-refractivity contribution in [1.29, 1.82) is 0 Å². The molecule has 2 aliphatic rings. The van der Waals surface area contributed by atoms with Crippen molar-refractivity contribution in [3.63, 3.8) is 0 Å². The average molecular weight is 282 g/mol. The number of ether oxygens (including phenoxy) is 2. The molecule has 4 nitrogen and oxygen atoms in total. The van der Waals surface area contributed by atoms with Gasteiger partial charge in [-0.15, -0.1) is 0 Å². The topological polar surface area (TPSA) is 40.0 Å². The molecule has 1 fully saturated rings. The van der Waals surface area contributed by atoms with E-state index in [4.69, 9.17) is 25.9 Å². The Labute approximate surface area is 117 Å². The van der Waals surface area contributed by atoms with Gasteiger partial charge in [0.15, 0.2) is 11.9 Å². The summed E-state index contributed by atoms with van der Waals surface area (Å²) >= 11 is 5.88. The molecule has 0 amide bonds. The summed E-state index contributed by atoms with van der Waals surface area (Å²) in [4.78, 5) is 5.48. The number of oxime groups is 1. The molecule has 2 heterocycles. The minimum Gasteiger partial charge on any atom is -0.387 e. The van der Waals surface area contributed by atoms with Crippen molar-refractivity contribution in [3.05, 3.63) is 34.9 Å². The Morgan fingerprint density at radius 3 is 2.58 bits per heavy atom. The second-order valence-corrected chi connectivity index (χ2v) is 5.69. The molecule has 5 heteroatoms. The molecule has 0 aromatic heterocycles. The lowest BCUT2D eigenvalue weighted by atomic mass is 10.0. The fourth-order valence-corrected chi connectivity index (χ4v) is 2.42. The summed E-state index contributed by atoms with van der Waals surface area (Å²) in [6, 6.07) is 7.63. The van der Waals surface area contributed by atoms with Crippen molar-refractivity contribution < 1.29 is 14.3 Å². The van der Waals surface area contributed by atoms with Gasteiger partial charge in [0, 0.05) is 11.4 Å². The number of hydrogen-bond acceptors (Lipinski definition) is 4. The summed E-state index contributed by atoms with van der Waals surface area (Å²) in [6.45, 7) is 4.34. The van der Waals surface area contributed by atoms with E-state index in [1.54, 1.807) is 0 Å². The first-order valence-electron chi connectivity index (χ1n) is 6.33. The number of nitrogens with zero attached hydrogens (tertiary/aromatic N) is 1. The van der Waals surface area contributed by atoms with E-state index in [2.05, 4.69) is 5.16 Å². The first kappa shape index (κ1) is 12.9. The molecule has 2 aliphatic heterocycles. The monoisotopic (exact) mass is 281 g/mol. The Morgan fingerprint density at radius 1 is 1.21 bits per heavy atom. The zero-order valence-electron chi connectivity index (χ0n) is 10.9. The SMILES string of the molecule is CC1(C)OC[C@H](C2=NO[C@@H](c3ccc(Cl)cc3)C2)O1. The third-order valence-corrected chi connectivity index (χ3v) is 3.57. The molecular weight excluding hydrogens is 266 g/mol. The normalized spacial score (nSPS) is 29.1. The molecule has 2 atom stereocenters. The maximum Gasteiger partial charge on any atom is 0.163 e. The van der Waals surface area contributed by atoms with Crippen LogP contribution >= 0.6 is 11.6 Å². The van der Waals surface area contributed by atoms with Crippen molar-refractivity contribution in [1.82, 2.24) is 0 Å². The van der Waals surface area contributed by atoms with E-state index in [-0.39, 0.29) is 12.2 Å². The van der Waals surface area contributed by atoms with Crippen LogP contribution < -0.4 is 0 Å². The molecule has 1 saturated heterocycles. The molecule has 3 rings (SSSR count). The number of benzene rings is 1. The smallest absolute Gasteiger partial charge is 0.163 e. The summed E-state index contributed by atoms with van der Waals surface area (Å²) in [5.74, 6) is -0.536. The van der Waals surface area contributed by atoms with Crippen LogP contribution in [0, 0.1) is 0 Å². The Bertz CT molecular complexity index is 498. The number of hydrogen-bond donors (Lipinski definition) is 0. The highest BCUT2D eigenvalue weighted by Gasteiger charge is 2.38. The maximum absolute atomic E-state index is 5.88. The van der Waals surface area contributed by atoms with E-state index in [1.165, 1.54) is 0 Å². The lowest BCUT2D eigenvalue weighted by Gasteiger charge is -2.16. The van der Waals surface area contributed by atoms with Crippen LogP contribution in [-0.2, 0) is 14.3 Å². The first-order valence-corrected chi connectivity index (χ1v) is 6.71. The van der Waals surface area contributed by atoms with Crippen molar-refractivity contribution in [2.24, 2.45) is 5.16 Å². The van der Waals surface area contributed by atoms with E-state index < -0.39 is 5.79 Å². The van der Waals surface area contributed by atoms with Crippen LogP contribution in [0.1, 0.15) is 31.9 Å². The standard InChI is InChI=1S/C14H16ClNO3/c1-14(2)17-8-13(18-14)11-7-12(19-16-11)9-3-5-10(15)6-4-9/h3-6,12-13H,7-8H2,1-2H3/t12-,13-/m1/s1. The third-order valence-electron chi connectivity index (χ3n) is 3.31. The van der Waals surface area contributed by atoms with Crippen LogP contribution in [0.25, 0.3) is 0 Å². The second-order valence-electron chi connectivity index (χ2n) is 5.25. The Hall–Kier alpha value is -1.10. The van der Waals surface area contributed by atoms with E-state index >= 15 is 0 Å². The van der Waals surface area contributed by atoms with Crippen molar-refractivity contribution in [3.8, 4) is 0 Å². The van der Waals surface area contributed by atoms with Crippen molar-refractivity contribution in [2.45, 2.75) is 38.3 Å². The van der Waals surface area contributed by atoms with Crippen LogP contribution in [-0.4, -0.2) is 24.2 Å². The van der Waals surface area contributed by atoms with Crippen LogP contribution in [0.2, 0.25) is 5.02 Å². The molecule has 0 saturated carbocycles. The van der Waals surface area contributed by atoms with Gasteiger partial charge in [0.05, 0.1) is 12.3 Å². The second kappa shape index (κ2) is 4.78. The van der Waals surface area contributed by atoms with E-state index in [0.29, 0.717) is 6.61 Å². The Morgan fingerprint density at radius 2 is 1.95 bits per heavy atom. The van der Waals surface area contributed by atoms with Gasteiger partial charge in [0.25, 0.3) is 0 Å². The lowest BCUT2D eigenvalue weighted by Crippen LogP contribution is -2.26. The zero-order chi connectivity index (χ0) is 13.5. The fraction of sp³-hybridized carbons (Fsp3) is 0.500. The molecule has 0 aliphatic carbocycles. The molecule has 0 unspecified atom stereocenters. The minimum atomic E-state index is -0.536. The maximum atomic E-state index is 5.88. The van der Waals surface area contributed by atoms with Crippen LogP contribution in [0.15, 0.2) is 29.4 Å². The summed E-state index contributed by atoms with van der Waals surface area (Å²) in [6.07, 6.45) is 0.568. The molecule has 102 valence electrons. The highest BCUT2D eigenvalue weighted by Crippen LogP contribution is 2.32. The largest absolute Gasteiger partial charge is 0.387 e. The summed E-state index contributed by atoms with van der Waals surface area (Å²) in [5, 5.41) is 4.86. The first-order chi connectivity index (χ1) is 9.03. The third kappa shape index (κ3) is 2.76. The number of halogens is 1. The van der Waals surface area contributed by atoms with E-state index in [9.17, 15) is 0 Å². The molecule has 1 aromatic carbocycles. The molecule has 19 heavy (non-hydrogen) atoms. The quantitative estimate of drug-likeness (QED) is 0.835. The summed E-state index contributed by atoms with van der Waals surface area (Å²) in [7, 11) is 0. The van der Waals surface area contributed by atoms with Gasteiger partial charge in [-0.25, -0.2) is 0 Å². The molecule has 1 aromatic rings. The van der Waals surface area contributed by atoms with E-state index in [1.807, 2.05) is 38.1 Å². The van der Waals surface area contributed by atoms with Crippen LogP contribution in [0.3, 0.4) is 0 Å². The van der Waals surface area contributed by atoms with Gasteiger partial charge in [-0.3, -0.25) is 0 Å². The van der Waals surface area contributed by atoms with Crippen LogP contribution in [0.5, 0.6) is 0 Å². The molecule has 0 radical (unpaired) electrons. The fourth-order valence-electron chi connectivity index (χ4n) is 2.29. The predicted molar refractivity (Wildman–Crippen MR) is 72.2 cm³/mol. The summed E-state index contributed by atoms with van der Waals surface area (Å²) in [5.41, 5.74) is 1.98. The Balaban J connectivity index is 1.65. The number of rotatable bonds is 2. The zero-order valence-corrected chi connectivity index (χ0v) is 11.7. The Kier molecular flexibility index (Phi) is 3.25. The van der Waals surface area contributed by atoms with Gasteiger partial charge in [0.1, 0.15) is 6.10 Å². The molecule has 0 spiro atoms. The lowest BCUT2D eigenvalue weighted by molar-refractivity contribution is -0.131. The highest BCUT2D eigenvalue weighted by molar-refractivity contribution is 6.30. The highest BCUT2D eigenvalue weighted by atomic mass is 35.5. The summed E-state index contributed by atoms with van der Waals surface area (Å²) < 4.78 is 11.3.